The SMILES string of the molecule is Cc1ccc(/C=C/c2onc(C)c2S(=O)(=O)N2CCCC(C(=O)N3CCN(C4CCCCC4)CC3)C2)cc1. The second kappa shape index (κ2) is 11.7. The second-order valence-electron chi connectivity index (χ2n) is 11.1. The molecule has 2 saturated heterocycles. The third kappa shape index (κ3) is 5.90. The van der Waals surface area contributed by atoms with Crippen LogP contribution in [0.15, 0.2) is 33.7 Å². The Morgan fingerprint density at radius 3 is 2.34 bits per heavy atom. The third-order valence-electron chi connectivity index (χ3n) is 8.39. The molecule has 3 fully saturated rings. The summed E-state index contributed by atoms with van der Waals surface area (Å²) in [6.07, 6.45) is 11.4. The van der Waals surface area contributed by atoms with Gasteiger partial charge < -0.3 is 9.42 Å². The predicted octanol–water partition coefficient (Wildman–Crippen LogP) is 4.34. The molecular weight excluding hydrogens is 500 g/mol. The molecule has 5 rings (SSSR count). The van der Waals surface area contributed by atoms with Crippen molar-refractivity contribution in [3.63, 3.8) is 0 Å². The van der Waals surface area contributed by atoms with Gasteiger partial charge in [0.05, 0.1) is 5.92 Å². The Kier molecular flexibility index (Phi) is 8.35. The van der Waals surface area contributed by atoms with Gasteiger partial charge in [-0.2, -0.15) is 4.31 Å². The van der Waals surface area contributed by atoms with E-state index in [0.717, 1.165) is 43.7 Å². The Morgan fingerprint density at radius 2 is 1.63 bits per heavy atom. The van der Waals surface area contributed by atoms with E-state index >= 15 is 0 Å². The zero-order chi connectivity index (χ0) is 26.7. The molecule has 1 saturated carbocycles. The van der Waals surface area contributed by atoms with E-state index in [1.807, 2.05) is 42.2 Å². The van der Waals surface area contributed by atoms with Crippen LogP contribution in [0.3, 0.4) is 0 Å². The lowest BCUT2D eigenvalue weighted by Crippen LogP contribution is -2.55. The van der Waals surface area contributed by atoms with Gasteiger partial charge in [0, 0.05) is 45.3 Å². The molecule has 1 aromatic heterocycles. The van der Waals surface area contributed by atoms with Gasteiger partial charge in [0.15, 0.2) is 10.7 Å². The number of hydrogen-bond acceptors (Lipinski definition) is 6. The van der Waals surface area contributed by atoms with E-state index in [1.165, 1.54) is 36.4 Å². The van der Waals surface area contributed by atoms with Gasteiger partial charge in [0.25, 0.3) is 0 Å². The molecule has 1 amide bonds. The molecule has 3 aliphatic rings. The van der Waals surface area contributed by atoms with E-state index in [9.17, 15) is 13.2 Å². The summed E-state index contributed by atoms with van der Waals surface area (Å²) in [5, 5.41) is 3.97. The van der Waals surface area contributed by atoms with Crippen LogP contribution in [-0.2, 0) is 14.8 Å². The van der Waals surface area contributed by atoms with Crippen LogP contribution < -0.4 is 0 Å². The van der Waals surface area contributed by atoms with Crippen molar-refractivity contribution in [2.75, 3.05) is 39.3 Å². The Morgan fingerprint density at radius 1 is 0.921 bits per heavy atom. The summed E-state index contributed by atoms with van der Waals surface area (Å²) >= 11 is 0. The number of benzene rings is 1. The molecule has 0 spiro atoms. The lowest BCUT2D eigenvalue weighted by Gasteiger charge is -2.42. The third-order valence-corrected chi connectivity index (χ3v) is 10.4. The van der Waals surface area contributed by atoms with E-state index in [0.29, 0.717) is 24.7 Å². The van der Waals surface area contributed by atoms with E-state index in [2.05, 4.69) is 10.1 Å². The molecule has 38 heavy (non-hydrogen) atoms. The minimum absolute atomic E-state index is 0.0923. The Labute approximate surface area is 226 Å². The monoisotopic (exact) mass is 540 g/mol. The van der Waals surface area contributed by atoms with Crippen molar-refractivity contribution < 1.29 is 17.7 Å². The summed E-state index contributed by atoms with van der Waals surface area (Å²) in [5.74, 6) is -0.00319. The van der Waals surface area contributed by atoms with Gasteiger partial charge in [0.2, 0.25) is 15.9 Å². The van der Waals surface area contributed by atoms with Crippen LogP contribution in [0.25, 0.3) is 12.2 Å². The van der Waals surface area contributed by atoms with Crippen LogP contribution in [0.2, 0.25) is 0 Å². The maximum Gasteiger partial charge on any atom is 0.248 e. The number of hydrogen-bond donors (Lipinski definition) is 0. The van der Waals surface area contributed by atoms with Crippen LogP contribution in [0.1, 0.15) is 67.5 Å². The average molecular weight is 541 g/mol. The van der Waals surface area contributed by atoms with Gasteiger partial charge in [-0.15, -0.1) is 0 Å². The van der Waals surface area contributed by atoms with Crippen molar-refractivity contribution in [1.29, 1.82) is 0 Å². The first kappa shape index (κ1) is 27.1. The van der Waals surface area contributed by atoms with Crippen molar-refractivity contribution in [1.82, 2.24) is 19.3 Å². The van der Waals surface area contributed by atoms with Gasteiger partial charge in [0.1, 0.15) is 5.69 Å². The summed E-state index contributed by atoms with van der Waals surface area (Å²) in [7, 11) is -3.86. The number of nitrogens with zero attached hydrogens (tertiary/aromatic N) is 4. The fourth-order valence-corrected chi connectivity index (χ4v) is 7.93. The van der Waals surface area contributed by atoms with Crippen molar-refractivity contribution >= 4 is 28.1 Å². The van der Waals surface area contributed by atoms with Gasteiger partial charge in [-0.25, -0.2) is 8.42 Å². The van der Waals surface area contributed by atoms with Crippen molar-refractivity contribution in [2.45, 2.75) is 69.7 Å². The molecule has 3 heterocycles. The number of piperidine rings is 1. The lowest BCUT2D eigenvalue weighted by molar-refractivity contribution is -0.138. The minimum atomic E-state index is -3.86. The zero-order valence-corrected chi connectivity index (χ0v) is 23.5. The Balaban J connectivity index is 1.25. The predicted molar refractivity (Wildman–Crippen MR) is 148 cm³/mol. The molecule has 1 atom stereocenters. The molecular formula is C29H40N4O4S. The number of aromatic nitrogens is 1. The fourth-order valence-electron chi connectivity index (χ4n) is 6.15. The maximum atomic E-state index is 13.8. The van der Waals surface area contributed by atoms with Gasteiger partial charge in [-0.05, 0) is 51.2 Å². The molecule has 0 N–H and O–H groups in total. The number of carbonyl (C=O) groups excluding carboxylic acids is 1. The van der Waals surface area contributed by atoms with Crippen LogP contribution >= 0.6 is 0 Å². The smallest absolute Gasteiger partial charge is 0.248 e. The number of piperazine rings is 1. The highest BCUT2D eigenvalue weighted by Crippen LogP contribution is 2.30. The molecule has 1 unspecified atom stereocenters. The highest BCUT2D eigenvalue weighted by molar-refractivity contribution is 7.89. The van der Waals surface area contributed by atoms with Crippen molar-refractivity contribution in [3.8, 4) is 0 Å². The molecule has 0 radical (unpaired) electrons. The second-order valence-corrected chi connectivity index (χ2v) is 12.9. The number of rotatable bonds is 6. The van der Waals surface area contributed by atoms with Crippen LogP contribution in [0, 0.1) is 19.8 Å². The molecule has 1 aliphatic carbocycles. The molecule has 0 bridgehead atoms. The summed E-state index contributed by atoms with van der Waals surface area (Å²) in [6, 6.07) is 8.61. The number of amides is 1. The first-order valence-corrected chi connectivity index (χ1v) is 15.5. The lowest BCUT2D eigenvalue weighted by atomic mass is 9.93. The summed E-state index contributed by atoms with van der Waals surface area (Å²) in [6.45, 7) is 7.57. The highest BCUT2D eigenvalue weighted by atomic mass is 32.2. The Hall–Kier alpha value is -2.49. The van der Waals surface area contributed by atoms with Gasteiger partial charge >= 0.3 is 0 Å². The first-order valence-electron chi connectivity index (χ1n) is 14.1. The van der Waals surface area contributed by atoms with Gasteiger partial charge in [-0.3, -0.25) is 9.69 Å². The Bertz CT molecular complexity index is 1240. The molecule has 2 aromatic rings. The molecule has 206 valence electrons. The van der Waals surface area contributed by atoms with Crippen LogP contribution in [-0.4, -0.2) is 78.9 Å². The quantitative estimate of drug-likeness (QED) is 0.542. The summed E-state index contributed by atoms with van der Waals surface area (Å²) < 4.78 is 34.4. The summed E-state index contributed by atoms with van der Waals surface area (Å²) in [4.78, 5) is 18.1. The van der Waals surface area contributed by atoms with E-state index < -0.39 is 10.0 Å². The first-order chi connectivity index (χ1) is 18.3. The number of carbonyl (C=O) groups is 1. The summed E-state index contributed by atoms with van der Waals surface area (Å²) in [5.41, 5.74) is 2.43. The molecule has 8 nitrogen and oxygen atoms in total. The zero-order valence-electron chi connectivity index (χ0n) is 22.6. The van der Waals surface area contributed by atoms with E-state index in [1.54, 1.807) is 13.0 Å². The van der Waals surface area contributed by atoms with Crippen molar-refractivity contribution in [3.05, 3.63) is 46.8 Å². The highest BCUT2D eigenvalue weighted by Gasteiger charge is 2.38. The van der Waals surface area contributed by atoms with Gasteiger partial charge in [-0.1, -0.05) is 60.3 Å². The molecule has 1 aromatic carbocycles. The molecule has 9 heteroatoms. The average Bonchev–Trinajstić information content (AvgIpc) is 3.34. The van der Waals surface area contributed by atoms with Crippen LogP contribution in [0.4, 0.5) is 0 Å². The van der Waals surface area contributed by atoms with E-state index in [4.69, 9.17) is 4.52 Å². The van der Waals surface area contributed by atoms with E-state index in [-0.39, 0.29) is 29.0 Å². The fraction of sp³-hybridized carbons (Fsp3) is 0.586. The van der Waals surface area contributed by atoms with Crippen LogP contribution in [0.5, 0.6) is 0 Å². The standard InChI is InChI=1S/C29H40N4O4S/c1-22-10-12-24(13-11-22)14-15-27-28(23(2)30-37-27)38(35,36)33-16-6-7-25(21-33)29(34)32-19-17-31(18-20-32)26-8-4-3-5-9-26/h10-15,25-26H,3-9,16-21H2,1-2H3/b15-14+. The topological polar surface area (TPSA) is 87.0 Å². The normalized spacial score (nSPS) is 22.8. The molecule has 2 aliphatic heterocycles. The number of sulfonamides is 1. The van der Waals surface area contributed by atoms with Crippen molar-refractivity contribution in [2.24, 2.45) is 5.92 Å². The number of aryl methyl sites for hydroxylation is 2. The largest absolute Gasteiger partial charge is 0.355 e. The minimum Gasteiger partial charge on any atom is -0.355 e. The maximum absolute atomic E-state index is 13.8.